The molecule has 0 aliphatic carbocycles. The fourth-order valence-electron chi connectivity index (χ4n) is 6.23. The number of benzene rings is 2. The zero-order valence-corrected chi connectivity index (χ0v) is 29.5. The molecule has 4 amide bonds. The lowest BCUT2D eigenvalue weighted by Gasteiger charge is -2.44. The second-order valence-corrected chi connectivity index (χ2v) is 14.6. The molecule has 4 rings (SSSR count). The van der Waals surface area contributed by atoms with Crippen LogP contribution in [-0.2, 0) is 27.0 Å². The Balaban J connectivity index is 1.46. The van der Waals surface area contributed by atoms with Gasteiger partial charge in [-0.2, -0.15) is 13.2 Å². The molecule has 1 atom stereocenters. The highest BCUT2D eigenvalue weighted by Crippen LogP contribution is 2.34. The van der Waals surface area contributed by atoms with Crippen LogP contribution in [0.1, 0.15) is 63.1 Å². The van der Waals surface area contributed by atoms with Gasteiger partial charge in [0, 0.05) is 69.6 Å². The molecule has 8 nitrogen and oxygen atoms in total. The molecule has 2 aliphatic rings. The number of Topliss-reactive ketones (excluding diaryl/α,β-unsaturated/α-hetero) is 1. The maximum atomic E-state index is 13.9. The van der Waals surface area contributed by atoms with E-state index in [4.69, 9.17) is 23.2 Å². The van der Waals surface area contributed by atoms with Crippen LogP contribution < -0.4 is 4.90 Å². The fraction of sp³-hybridized carbons (Fsp3) is 0.543. The van der Waals surface area contributed by atoms with Crippen molar-refractivity contribution in [3.63, 3.8) is 0 Å². The first-order chi connectivity index (χ1) is 22.3. The number of halogens is 5. The first-order valence-corrected chi connectivity index (χ1v) is 16.9. The number of likely N-dealkylation sites (tertiary alicyclic amines) is 1. The maximum Gasteiger partial charge on any atom is 0.416 e. The summed E-state index contributed by atoms with van der Waals surface area (Å²) < 4.78 is 40.7. The summed E-state index contributed by atoms with van der Waals surface area (Å²) >= 11 is 12.4. The topological polar surface area (TPSA) is 81.2 Å². The molecule has 2 saturated heterocycles. The van der Waals surface area contributed by atoms with Crippen LogP contribution in [0.3, 0.4) is 0 Å². The SMILES string of the molecule is Cc1cc(N(C)C(=O)N2CCN(C(=O)C3CCN(C(=O)CCC(=O)C(C)(C)C)CC3)C[C@H]2Cc2ccc(Cl)c(Cl)c2)cc(C(F)(F)F)c1. The highest BCUT2D eigenvalue weighted by molar-refractivity contribution is 6.42. The molecule has 0 aromatic heterocycles. The summed E-state index contributed by atoms with van der Waals surface area (Å²) in [5.74, 6) is -0.413. The van der Waals surface area contributed by atoms with Gasteiger partial charge in [0.05, 0.1) is 21.7 Å². The monoisotopic (exact) mass is 710 g/mol. The minimum Gasteiger partial charge on any atom is -0.343 e. The van der Waals surface area contributed by atoms with Gasteiger partial charge in [-0.1, -0.05) is 50.0 Å². The first kappa shape index (κ1) is 37.5. The molecule has 2 fully saturated rings. The molecule has 0 saturated carbocycles. The lowest BCUT2D eigenvalue weighted by Crippen LogP contribution is -2.60. The molecule has 2 aliphatic heterocycles. The quantitative estimate of drug-likeness (QED) is 0.303. The molecule has 0 bridgehead atoms. The van der Waals surface area contributed by atoms with Crippen molar-refractivity contribution in [3.05, 3.63) is 63.1 Å². The average Bonchev–Trinajstić information content (AvgIpc) is 3.03. The summed E-state index contributed by atoms with van der Waals surface area (Å²) in [6, 6.07) is 7.69. The van der Waals surface area contributed by atoms with Crippen LogP contribution in [-0.4, -0.2) is 84.1 Å². The Morgan fingerprint density at radius 2 is 1.54 bits per heavy atom. The molecule has 13 heteroatoms. The Morgan fingerprint density at radius 3 is 2.15 bits per heavy atom. The van der Waals surface area contributed by atoms with Crippen LogP contribution in [0.15, 0.2) is 36.4 Å². The van der Waals surface area contributed by atoms with E-state index in [1.54, 1.807) is 39.8 Å². The van der Waals surface area contributed by atoms with E-state index in [1.165, 1.54) is 18.0 Å². The van der Waals surface area contributed by atoms with Crippen LogP contribution in [0, 0.1) is 18.3 Å². The van der Waals surface area contributed by atoms with Gasteiger partial charge in [0.2, 0.25) is 11.8 Å². The third-order valence-corrected chi connectivity index (χ3v) is 9.90. The Bertz CT molecular complexity index is 1540. The third kappa shape index (κ3) is 9.22. The van der Waals surface area contributed by atoms with Gasteiger partial charge < -0.3 is 14.7 Å². The highest BCUT2D eigenvalue weighted by Gasteiger charge is 2.38. The number of aryl methyl sites for hydroxylation is 1. The van der Waals surface area contributed by atoms with Crippen molar-refractivity contribution in [2.24, 2.45) is 11.3 Å². The summed E-state index contributed by atoms with van der Waals surface area (Å²) in [4.78, 5) is 59.0. The molecule has 0 unspecified atom stereocenters. The average molecular weight is 712 g/mol. The van der Waals surface area contributed by atoms with Gasteiger partial charge in [0.15, 0.2) is 0 Å². The lowest BCUT2D eigenvalue weighted by molar-refractivity contribution is -0.143. The summed E-state index contributed by atoms with van der Waals surface area (Å²) in [6.45, 7) is 8.53. The number of hydrogen-bond acceptors (Lipinski definition) is 4. The Labute approximate surface area is 290 Å². The predicted octanol–water partition coefficient (Wildman–Crippen LogP) is 7.27. The van der Waals surface area contributed by atoms with Gasteiger partial charge in [-0.3, -0.25) is 19.3 Å². The molecular formula is C35H43Cl2F3N4O4. The van der Waals surface area contributed by atoms with E-state index in [0.717, 1.165) is 17.7 Å². The number of amides is 4. The van der Waals surface area contributed by atoms with Gasteiger partial charge in [0.1, 0.15) is 5.78 Å². The van der Waals surface area contributed by atoms with E-state index in [0.29, 0.717) is 48.0 Å². The number of ketones is 1. The van der Waals surface area contributed by atoms with E-state index < -0.39 is 29.2 Å². The number of urea groups is 1. The smallest absolute Gasteiger partial charge is 0.343 e. The van der Waals surface area contributed by atoms with Gasteiger partial charge in [-0.15, -0.1) is 0 Å². The number of nitrogens with zero attached hydrogens (tertiary/aromatic N) is 4. The standard InChI is InChI=1S/C35H43Cl2F3N4O4/c1-22-16-25(35(38,39)40)20-26(17-22)41(5)33(48)44-15-14-43(21-27(44)18-23-6-7-28(36)29(37)19-23)32(47)24-10-12-42(13-11-24)31(46)9-8-30(45)34(2,3)4/h6-7,16-17,19-20,24,27H,8-15,18,21H2,1-5H3/t27-/m1/s1. The van der Waals surface area contributed by atoms with Crippen molar-refractivity contribution in [2.45, 2.75) is 72.0 Å². The predicted molar refractivity (Wildman–Crippen MR) is 180 cm³/mol. The molecule has 2 heterocycles. The molecular weight excluding hydrogens is 668 g/mol. The van der Waals surface area contributed by atoms with Gasteiger partial charge in [0.25, 0.3) is 0 Å². The molecule has 0 radical (unpaired) electrons. The normalized spacial score (nSPS) is 17.8. The van der Waals surface area contributed by atoms with Crippen LogP contribution in [0.5, 0.6) is 0 Å². The van der Waals surface area contributed by atoms with Crippen molar-refractivity contribution in [2.75, 3.05) is 44.7 Å². The summed E-state index contributed by atoms with van der Waals surface area (Å²) in [5, 5.41) is 0.718. The van der Waals surface area contributed by atoms with Crippen molar-refractivity contribution >= 4 is 52.5 Å². The number of piperazine rings is 1. The molecule has 2 aromatic rings. The zero-order valence-electron chi connectivity index (χ0n) is 28.0. The second kappa shape index (κ2) is 15.1. The summed E-state index contributed by atoms with van der Waals surface area (Å²) in [7, 11) is 1.44. The Morgan fingerprint density at radius 1 is 0.875 bits per heavy atom. The molecule has 262 valence electrons. The van der Waals surface area contributed by atoms with Crippen molar-refractivity contribution in [3.8, 4) is 0 Å². The zero-order chi connectivity index (χ0) is 35.6. The molecule has 0 spiro atoms. The van der Waals surface area contributed by atoms with Crippen LogP contribution in [0.2, 0.25) is 10.0 Å². The Kier molecular flexibility index (Phi) is 11.8. The number of anilines is 1. The molecule has 48 heavy (non-hydrogen) atoms. The van der Waals surface area contributed by atoms with Gasteiger partial charge >= 0.3 is 12.2 Å². The van der Waals surface area contributed by atoms with Crippen molar-refractivity contribution in [1.29, 1.82) is 0 Å². The number of piperidine rings is 1. The van der Waals surface area contributed by atoms with E-state index in [1.807, 2.05) is 20.8 Å². The van der Waals surface area contributed by atoms with E-state index in [-0.39, 0.29) is 61.7 Å². The minimum absolute atomic E-state index is 0.0325. The van der Waals surface area contributed by atoms with Crippen molar-refractivity contribution < 1.29 is 32.3 Å². The van der Waals surface area contributed by atoms with Crippen molar-refractivity contribution in [1.82, 2.24) is 14.7 Å². The number of carbonyl (C=O) groups is 4. The van der Waals surface area contributed by atoms with Gasteiger partial charge in [-0.25, -0.2) is 4.79 Å². The molecule has 2 aromatic carbocycles. The summed E-state index contributed by atoms with van der Waals surface area (Å²) in [6.07, 6.45) is -2.91. The minimum atomic E-state index is -4.57. The van der Waals surface area contributed by atoms with E-state index in [2.05, 4.69) is 0 Å². The first-order valence-electron chi connectivity index (χ1n) is 16.1. The maximum absolute atomic E-state index is 13.9. The number of alkyl halides is 3. The third-order valence-electron chi connectivity index (χ3n) is 9.16. The number of rotatable bonds is 7. The van der Waals surface area contributed by atoms with E-state index in [9.17, 15) is 32.3 Å². The van der Waals surface area contributed by atoms with E-state index >= 15 is 0 Å². The Hall–Kier alpha value is -3.31. The van der Waals surface area contributed by atoms with Crippen LogP contribution in [0.25, 0.3) is 0 Å². The number of hydrogen-bond donors (Lipinski definition) is 0. The largest absolute Gasteiger partial charge is 0.416 e. The molecule has 0 N–H and O–H groups in total. The van der Waals surface area contributed by atoms with Crippen LogP contribution >= 0.6 is 23.2 Å². The van der Waals surface area contributed by atoms with Gasteiger partial charge in [-0.05, 0) is 67.6 Å². The number of carbonyl (C=O) groups excluding carboxylic acids is 4. The summed E-state index contributed by atoms with van der Waals surface area (Å²) in [5.41, 5.74) is -0.0722. The fourth-order valence-corrected chi connectivity index (χ4v) is 6.55. The second-order valence-electron chi connectivity index (χ2n) is 13.8. The van der Waals surface area contributed by atoms with Crippen LogP contribution in [0.4, 0.5) is 23.7 Å². The lowest BCUT2D eigenvalue weighted by atomic mass is 9.88. The highest BCUT2D eigenvalue weighted by atomic mass is 35.5.